The molecule has 0 amide bonds. The average Bonchev–Trinajstić information content (AvgIpc) is 1.98. The van der Waals surface area contributed by atoms with Crippen LogP contribution < -0.4 is 0 Å². The highest BCUT2D eigenvalue weighted by Gasteiger charge is 1.97. The summed E-state index contributed by atoms with van der Waals surface area (Å²) in [6.45, 7) is 0. The number of hydrogen-bond acceptors (Lipinski definition) is 0. The summed E-state index contributed by atoms with van der Waals surface area (Å²) >= 11 is 6.79. The highest BCUT2D eigenvalue weighted by Crippen LogP contribution is 2.21. The van der Waals surface area contributed by atoms with E-state index in [2.05, 4.69) is 37.8 Å². The van der Waals surface area contributed by atoms with Crippen molar-refractivity contribution in [1.82, 2.24) is 0 Å². The fourth-order valence-electron chi connectivity index (χ4n) is 0.789. The zero-order valence-corrected chi connectivity index (χ0v) is 8.94. The Labute approximate surface area is 83.3 Å². The van der Waals surface area contributed by atoms with Crippen LogP contribution in [0.1, 0.15) is 5.56 Å². The third-order valence-electron chi connectivity index (χ3n) is 1.30. The summed E-state index contributed by atoms with van der Waals surface area (Å²) in [4.78, 5) is 0. The van der Waals surface area contributed by atoms with E-state index in [1.54, 1.807) is 0 Å². The fourth-order valence-corrected chi connectivity index (χ4v) is 1.58. The lowest BCUT2D eigenvalue weighted by atomic mass is 10.2. The SMILES string of the molecule is C#CCc1cc(Br)ccc1Br. The van der Waals surface area contributed by atoms with Crippen molar-refractivity contribution in [1.29, 1.82) is 0 Å². The van der Waals surface area contributed by atoms with Crippen LogP contribution in [0.2, 0.25) is 0 Å². The molecule has 0 spiro atoms. The van der Waals surface area contributed by atoms with Crippen LogP contribution in [0.3, 0.4) is 0 Å². The first kappa shape index (κ1) is 8.83. The maximum atomic E-state index is 5.19. The summed E-state index contributed by atoms with van der Waals surface area (Å²) in [6, 6.07) is 5.98. The van der Waals surface area contributed by atoms with Crippen molar-refractivity contribution in [3.63, 3.8) is 0 Å². The summed E-state index contributed by atoms with van der Waals surface area (Å²) < 4.78 is 2.13. The maximum Gasteiger partial charge on any atom is 0.0349 e. The smallest absolute Gasteiger partial charge is 0.0349 e. The highest BCUT2D eigenvalue weighted by molar-refractivity contribution is 9.11. The maximum absolute atomic E-state index is 5.19. The molecule has 0 saturated heterocycles. The van der Waals surface area contributed by atoms with E-state index in [4.69, 9.17) is 6.42 Å². The van der Waals surface area contributed by atoms with Crippen LogP contribution in [0.4, 0.5) is 0 Å². The zero-order chi connectivity index (χ0) is 8.27. The van der Waals surface area contributed by atoms with Crippen LogP contribution in [0.5, 0.6) is 0 Å². The lowest BCUT2D eigenvalue weighted by molar-refractivity contribution is 1.29. The second kappa shape index (κ2) is 3.94. The molecule has 0 nitrogen and oxygen atoms in total. The number of terminal acetylenes is 1. The summed E-state index contributed by atoms with van der Waals surface area (Å²) in [5.74, 6) is 2.60. The van der Waals surface area contributed by atoms with Gasteiger partial charge in [-0.2, -0.15) is 0 Å². The molecule has 0 unspecified atom stereocenters. The molecule has 0 bridgehead atoms. The molecule has 0 fully saturated rings. The van der Waals surface area contributed by atoms with E-state index in [1.165, 1.54) is 0 Å². The molecule has 11 heavy (non-hydrogen) atoms. The van der Waals surface area contributed by atoms with Gasteiger partial charge >= 0.3 is 0 Å². The van der Waals surface area contributed by atoms with Gasteiger partial charge in [-0.3, -0.25) is 0 Å². The van der Waals surface area contributed by atoms with Crippen LogP contribution in [0, 0.1) is 12.3 Å². The van der Waals surface area contributed by atoms with Gasteiger partial charge in [0.2, 0.25) is 0 Å². The Bertz CT molecular complexity index is 297. The van der Waals surface area contributed by atoms with Gasteiger partial charge in [-0.1, -0.05) is 31.9 Å². The molecule has 0 aliphatic rings. The Kier molecular flexibility index (Phi) is 3.16. The first-order valence-corrected chi connectivity index (χ1v) is 4.70. The molecule has 0 aliphatic carbocycles. The van der Waals surface area contributed by atoms with Gasteiger partial charge in [0.1, 0.15) is 0 Å². The molecule has 1 aromatic rings. The van der Waals surface area contributed by atoms with Gasteiger partial charge in [0.15, 0.2) is 0 Å². The first-order chi connectivity index (χ1) is 5.24. The molecule has 0 aliphatic heterocycles. The van der Waals surface area contributed by atoms with E-state index in [0.717, 1.165) is 14.5 Å². The monoisotopic (exact) mass is 272 g/mol. The van der Waals surface area contributed by atoms with Crippen LogP contribution in [-0.4, -0.2) is 0 Å². The molecule has 56 valence electrons. The van der Waals surface area contributed by atoms with E-state index < -0.39 is 0 Å². The summed E-state index contributed by atoms with van der Waals surface area (Å²) in [6.07, 6.45) is 5.86. The Hall–Kier alpha value is -0.260. The third kappa shape index (κ3) is 2.36. The number of hydrogen-bond donors (Lipinski definition) is 0. The topological polar surface area (TPSA) is 0 Å². The number of benzene rings is 1. The summed E-state index contributed by atoms with van der Waals surface area (Å²) in [5.41, 5.74) is 1.14. The lowest BCUT2D eigenvalue weighted by Crippen LogP contribution is -1.82. The molecular formula is C9H6Br2. The van der Waals surface area contributed by atoms with Crippen LogP contribution >= 0.6 is 31.9 Å². The predicted octanol–water partition coefficient (Wildman–Crippen LogP) is 3.39. The van der Waals surface area contributed by atoms with Crippen LogP contribution in [0.25, 0.3) is 0 Å². The summed E-state index contributed by atoms with van der Waals surface area (Å²) in [5, 5.41) is 0. The first-order valence-electron chi connectivity index (χ1n) is 3.11. The Morgan fingerprint density at radius 3 is 2.73 bits per heavy atom. The van der Waals surface area contributed by atoms with Gasteiger partial charge in [-0.15, -0.1) is 12.3 Å². The second-order valence-electron chi connectivity index (χ2n) is 2.12. The van der Waals surface area contributed by atoms with Gasteiger partial charge in [0.25, 0.3) is 0 Å². The molecule has 1 rings (SSSR count). The fraction of sp³-hybridized carbons (Fsp3) is 0.111. The molecular weight excluding hydrogens is 268 g/mol. The van der Waals surface area contributed by atoms with Crippen LogP contribution in [0.15, 0.2) is 27.1 Å². The minimum atomic E-state index is 0.667. The molecule has 2 heteroatoms. The average molecular weight is 274 g/mol. The minimum Gasteiger partial charge on any atom is -0.120 e. The van der Waals surface area contributed by atoms with Crippen molar-refractivity contribution in [3.05, 3.63) is 32.7 Å². The zero-order valence-electron chi connectivity index (χ0n) is 5.77. The lowest BCUT2D eigenvalue weighted by Gasteiger charge is -1.99. The van der Waals surface area contributed by atoms with Crippen molar-refractivity contribution in [2.45, 2.75) is 6.42 Å². The highest BCUT2D eigenvalue weighted by atomic mass is 79.9. The molecule has 0 heterocycles. The molecule has 0 atom stereocenters. The predicted molar refractivity (Wildman–Crippen MR) is 54.4 cm³/mol. The Balaban J connectivity index is 3.05. The van der Waals surface area contributed by atoms with Crippen molar-refractivity contribution in [2.24, 2.45) is 0 Å². The minimum absolute atomic E-state index is 0.667. The standard InChI is InChI=1S/C9H6Br2/c1-2-3-7-6-8(10)4-5-9(7)11/h1,4-6H,3H2. The van der Waals surface area contributed by atoms with Crippen molar-refractivity contribution in [3.8, 4) is 12.3 Å². The largest absolute Gasteiger partial charge is 0.120 e. The normalized spacial score (nSPS) is 9.18. The Morgan fingerprint density at radius 1 is 1.36 bits per heavy atom. The van der Waals surface area contributed by atoms with Gasteiger partial charge in [0, 0.05) is 15.4 Å². The Morgan fingerprint density at radius 2 is 2.09 bits per heavy atom. The van der Waals surface area contributed by atoms with Crippen molar-refractivity contribution >= 4 is 31.9 Å². The number of rotatable bonds is 1. The van der Waals surface area contributed by atoms with E-state index >= 15 is 0 Å². The molecule has 0 radical (unpaired) electrons. The number of halogens is 2. The van der Waals surface area contributed by atoms with Gasteiger partial charge in [-0.05, 0) is 23.8 Å². The quantitative estimate of drug-likeness (QED) is 0.688. The third-order valence-corrected chi connectivity index (χ3v) is 2.57. The van der Waals surface area contributed by atoms with E-state index in [-0.39, 0.29) is 0 Å². The molecule has 1 aromatic carbocycles. The van der Waals surface area contributed by atoms with E-state index in [1.807, 2.05) is 18.2 Å². The van der Waals surface area contributed by atoms with Crippen molar-refractivity contribution in [2.75, 3.05) is 0 Å². The second-order valence-corrected chi connectivity index (χ2v) is 3.89. The van der Waals surface area contributed by atoms with E-state index in [9.17, 15) is 0 Å². The molecule has 0 aromatic heterocycles. The van der Waals surface area contributed by atoms with Gasteiger partial charge in [0.05, 0.1) is 0 Å². The van der Waals surface area contributed by atoms with E-state index in [0.29, 0.717) is 6.42 Å². The molecule has 0 saturated carbocycles. The van der Waals surface area contributed by atoms with Gasteiger partial charge < -0.3 is 0 Å². The van der Waals surface area contributed by atoms with Gasteiger partial charge in [-0.25, -0.2) is 0 Å². The molecule has 0 N–H and O–H groups in total. The summed E-state index contributed by atoms with van der Waals surface area (Å²) in [7, 11) is 0. The van der Waals surface area contributed by atoms with Crippen LogP contribution in [-0.2, 0) is 6.42 Å². The van der Waals surface area contributed by atoms with Crippen molar-refractivity contribution < 1.29 is 0 Å².